The summed E-state index contributed by atoms with van der Waals surface area (Å²) >= 11 is 0. The first kappa shape index (κ1) is 13.8. The number of oxazole rings is 1. The lowest BCUT2D eigenvalue weighted by Gasteiger charge is -2.10. The van der Waals surface area contributed by atoms with Crippen molar-refractivity contribution >= 4 is 21.9 Å². The lowest BCUT2D eigenvalue weighted by Crippen LogP contribution is -1.92. The van der Waals surface area contributed by atoms with Crippen LogP contribution >= 0.6 is 0 Å². The van der Waals surface area contributed by atoms with Crippen molar-refractivity contribution in [2.75, 3.05) is 0 Å². The maximum Gasteiger partial charge on any atom is 0.228 e. The van der Waals surface area contributed by atoms with E-state index in [4.69, 9.17) is 9.40 Å². The maximum atomic E-state index is 6.05. The van der Waals surface area contributed by atoms with Gasteiger partial charge in [-0.25, -0.2) is 4.98 Å². The molecule has 112 valence electrons. The molecular formula is C21H17NO. The normalized spacial score (nSPS) is 11.1. The van der Waals surface area contributed by atoms with Crippen LogP contribution in [0, 0.1) is 0 Å². The Morgan fingerprint density at radius 3 is 2.65 bits per heavy atom. The Morgan fingerprint density at radius 1 is 0.957 bits per heavy atom. The number of rotatable bonds is 4. The van der Waals surface area contributed by atoms with E-state index in [-0.39, 0.29) is 0 Å². The van der Waals surface area contributed by atoms with Gasteiger partial charge in [0, 0.05) is 5.56 Å². The summed E-state index contributed by atoms with van der Waals surface area (Å²) in [4.78, 5) is 4.71. The van der Waals surface area contributed by atoms with Crippen molar-refractivity contribution in [3.63, 3.8) is 0 Å². The van der Waals surface area contributed by atoms with Crippen LogP contribution < -0.4 is 0 Å². The van der Waals surface area contributed by atoms with E-state index in [0.717, 1.165) is 29.5 Å². The molecule has 0 fully saturated rings. The number of aryl methyl sites for hydroxylation is 1. The maximum absolute atomic E-state index is 6.05. The van der Waals surface area contributed by atoms with Crippen molar-refractivity contribution in [1.82, 2.24) is 4.98 Å². The molecule has 0 bridgehead atoms. The van der Waals surface area contributed by atoms with E-state index in [1.54, 1.807) is 0 Å². The van der Waals surface area contributed by atoms with Crippen molar-refractivity contribution in [2.24, 2.45) is 0 Å². The Morgan fingerprint density at radius 2 is 1.78 bits per heavy atom. The van der Waals surface area contributed by atoms with Crippen LogP contribution in [0.1, 0.15) is 12.0 Å². The quantitative estimate of drug-likeness (QED) is 0.447. The van der Waals surface area contributed by atoms with Crippen LogP contribution in [0.2, 0.25) is 0 Å². The molecule has 1 heterocycles. The molecule has 0 atom stereocenters. The summed E-state index contributed by atoms with van der Waals surface area (Å²) in [7, 11) is 0. The number of nitrogens with zero attached hydrogens (tertiary/aromatic N) is 1. The third-order valence-electron chi connectivity index (χ3n) is 4.14. The van der Waals surface area contributed by atoms with Crippen LogP contribution in [-0.4, -0.2) is 4.98 Å². The molecule has 0 unspecified atom stereocenters. The van der Waals surface area contributed by atoms with Gasteiger partial charge in [0.05, 0.1) is 0 Å². The minimum Gasteiger partial charge on any atom is -0.436 e. The van der Waals surface area contributed by atoms with Crippen LogP contribution in [-0.2, 0) is 6.42 Å². The van der Waals surface area contributed by atoms with E-state index in [1.165, 1.54) is 16.3 Å². The summed E-state index contributed by atoms with van der Waals surface area (Å²) < 4.78 is 6.05. The van der Waals surface area contributed by atoms with Gasteiger partial charge in [0.25, 0.3) is 0 Å². The molecular weight excluding hydrogens is 282 g/mol. The minimum atomic E-state index is 0.696. The molecule has 0 saturated heterocycles. The van der Waals surface area contributed by atoms with E-state index >= 15 is 0 Å². The molecule has 0 aliphatic carbocycles. The molecule has 0 saturated carbocycles. The lowest BCUT2D eigenvalue weighted by molar-refractivity contribution is 0.619. The van der Waals surface area contributed by atoms with Crippen molar-refractivity contribution in [2.45, 2.75) is 12.8 Å². The SMILES string of the molecule is C=CCCc1ccc2ccccc2c1-c1nc2ccccc2o1. The van der Waals surface area contributed by atoms with Crippen molar-refractivity contribution in [3.05, 3.63) is 78.9 Å². The Hall–Kier alpha value is -2.87. The van der Waals surface area contributed by atoms with Crippen LogP contribution in [0.4, 0.5) is 0 Å². The standard InChI is InChI=1S/C21H17NO/c1-2-3-8-16-14-13-15-9-4-5-10-17(15)20(16)21-22-18-11-6-7-12-19(18)23-21/h2,4-7,9-14H,1,3,8H2. The molecule has 1 aromatic heterocycles. The van der Waals surface area contributed by atoms with Gasteiger partial charge < -0.3 is 4.42 Å². The van der Waals surface area contributed by atoms with E-state index < -0.39 is 0 Å². The molecule has 0 amide bonds. The molecule has 4 rings (SSSR count). The van der Waals surface area contributed by atoms with Gasteiger partial charge in [-0.3, -0.25) is 0 Å². The molecule has 0 spiro atoms. The van der Waals surface area contributed by atoms with Gasteiger partial charge in [-0.05, 0) is 41.3 Å². The summed E-state index contributed by atoms with van der Waals surface area (Å²) in [6.07, 6.45) is 3.82. The summed E-state index contributed by atoms with van der Waals surface area (Å²) in [5, 5.41) is 2.38. The van der Waals surface area contributed by atoms with Gasteiger partial charge in [0.1, 0.15) is 5.52 Å². The third kappa shape index (κ3) is 2.42. The zero-order valence-corrected chi connectivity index (χ0v) is 12.8. The van der Waals surface area contributed by atoms with Gasteiger partial charge in [-0.2, -0.15) is 0 Å². The highest BCUT2D eigenvalue weighted by atomic mass is 16.3. The van der Waals surface area contributed by atoms with Gasteiger partial charge in [-0.1, -0.05) is 54.6 Å². The Labute approximate surface area is 135 Å². The fourth-order valence-corrected chi connectivity index (χ4v) is 3.01. The monoisotopic (exact) mass is 299 g/mol. The number of allylic oxidation sites excluding steroid dienone is 1. The second-order valence-corrected chi connectivity index (χ2v) is 5.63. The molecule has 2 heteroatoms. The van der Waals surface area contributed by atoms with Crippen LogP contribution in [0.25, 0.3) is 33.3 Å². The van der Waals surface area contributed by atoms with Gasteiger partial charge in [-0.15, -0.1) is 6.58 Å². The van der Waals surface area contributed by atoms with Crippen LogP contribution in [0.15, 0.2) is 77.7 Å². The predicted octanol–water partition coefficient (Wildman–Crippen LogP) is 5.77. The molecule has 0 aliphatic heterocycles. The lowest BCUT2D eigenvalue weighted by atomic mass is 9.96. The van der Waals surface area contributed by atoms with Gasteiger partial charge in [0.15, 0.2) is 5.58 Å². The highest BCUT2D eigenvalue weighted by Crippen LogP contribution is 2.34. The van der Waals surface area contributed by atoms with Crippen molar-refractivity contribution < 1.29 is 4.42 Å². The van der Waals surface area contributed by atoms with Gasteiger partial charge in [0.2, 0.25) is 5.89 Å². The average molecular weight is 299 g/mol. The number of aromatic nitrogens is 1. The highest BCUT2D eigenvalue weighted by molar-refractivity contribution is 5.97. The molecule has 0 radical (unpaired) electrons. The zero-order valence-electron chi connectivity index (χ0n) is 12.8. The second-order valence-electron chi connectivity index (χ2n) is 5.63. The summed E-state index contributed by atoms with van der Waals surface area (Å²) in [6, 6.07) is 20.6. The smallest absolute Gasteiger partial charge is 0.228 e. The highest BCUT2D eigenvalue weighted by Gasteiger charge is 2.15. The first-order chi connectivity index (χ1) is 11.4. The van der Waals surface area contributed by atoms with Crippen LogP contribution in [0.3, 0.4) is 0 Å². The zero-order chi connectivity index (χ0) is 15.6. The molecule has 4 aromatic rings. The minimum absolute atomic E-state index is 0.696. The fraction of sp³-hybridized carbons (Fsp3) is 0.0952. The fourth-order valence-electron chi connectivity index (χ4n) is 3.01. The Bertz CT molecular complexity index is 964. The molecule has 23 heavy (non-hydrogen) atoms. The largest absolute Gasteiger partial charge is 0.436 e. The Balaban J connectivity index is 2.00. The summed E-state index contributed by atoms with van der Waals surface area (Å²) in [5.74, 6) is 0.696. The number of hydrogen-bond donors (Lipinski definition) is 0. The number of para-hydroxylation sites is 2. The molecule has 3 aromatic carbocycles. The molecule has 2 nitrogen and oxygen atoms in total. The second kappa shape index (κ2) is 5.73. The molecule has 0 N–H and O–H groups in total. The van der Waals surface area contributed by atoms with Crippen molar-refractivity contribution in [1.29, 1.82) is 0 Å². The topological polar surface area (TPSA) is 26.0 Å². The van der Waals surface area contributed by atoms with Crippen LogP contribution in [0.5, 0.6) is 0 Å². The Kier molecular flexibility index (Phi) is 3.43. The number of hydrogen-bond acceptors (Lipinski definition) is 2. The predicted molar refractivity (Wildman–Crippen MR) is 95.5 cm³/mol. The number of fused-ring (bicyclic) bond motifs is 2. The van der Waals surface area contributed by atoms with Crippen molar-refractivity contribution in [3.8, 4) is 11.5 Å². The average Bonchev–Trinajstić information content (AvgIpc) is 3.03. The van der Waals surface area contributed by atoms with E-state index in [2.05, 4.69) is 43.0 Å². The van der Waals surface area contributed by atoms with E-state index in [0.29, 0.717) is 5.89 Å². The third-order valence-corrected chi connectivity index (χ3v) is 4.14. The molecule has 0 aliphatic rings. The van der Waals surface area contributed by atoms with Gasteiger partial charge >= 0.3 is 0 Å². The van der Waals surface area contributed by atoms with E-state index in [9.17, 15) is 0 Å². The first-order valence-electron chi connectivity index (χ1n) is 7.84. The summed E-state index contributed by atoms with van der Waals surface area (Å²) in [6.45, 7) is 3.84. The first-order valence-corrected chi connectivity index (χ1v) is 7.84. The van der Waals surface area contributed by atoms with E-state index in [1.807, 2.05) is 30.3 Å². The summed E-state index contributed by atoms with van der Waals surface area (Å²) in [5.41, 5.74) is 4.06. The number of benzene rings is 3.